The summed E-state index contributed by atoms with van der Waals surface area (Å²) in [6.07, 6.45) is -4.67. The molecular weight excluding hydrogens is 745 g/mol. The highest BCUT2D eigenvalue weighted by molar-refractivity contribution is 7.92. The first-order valence-corrected chi connectivity index (χ1v) is 19.4. The van der Waals surface area contributed by atoms with Crippen molar-refractivity contribution in [1.82, 2.24) is 16.0 Å². The molecule has 1 aliphatic heterocycles. The number of rotatable bonds is 19. The molecule has 2 aromatic rings. The van der Waals surface area contributed by atoms with Gasteiger partial charge in [0, 0.05) is 25.6 Å². The van der Waals surface area contributed by atoms with E-state index in [1.54, 1.807) is 0 Å². The lowest BCUT2D eigenvalue weighted by molar-refractivity contribution is -0.192. The highest BCUT2D eigenvalue weighted by atomic mass is 32.2. The zero-order valence-electron chi connectivity index (χ0n) is 30.5. The molecular formula is C36H50F5N3O9S. The molecule has 0 aliphatic carbocycles. The molecule has 0 bridgehead atoms. The molecule has 1 fully saturated rings. The van der Waals surface area contributed by atoms with Crippen LogP contribution in [0.15, 0.2) is 42.5 Å². The van der Waals surface area contributed by atoms with E-state index in [-0.39, 0.29) is 25.1 Å². The molecule has 4 atom stereocenters. The lowest BCUT2D eigenvalue weighted by atomic mass is 10.00. The fourth-order valence-corrected chi connectivity index (χ4v) is 7.81. The van der Waals surface area contributed by atoms with Gasteiger partial charge in [-0.15, -0.1) is 0 Å². The molecule has 0 saturated carbocycles. The van der Waals surface area contributed by atoms with Gasteiger partial charge in [-0.25, -0.2) is 26.8 Å². The number of carbonyl (C=O) groups is 3. The molecule has 1 aliphatic rings. The summed E-state index contributed by atoms with van der Waals surface area (Å²) in [7, 11) is -3.87. The monoisotopic (exact) mass is 795 g/mol. The number of carboxylic acid groups (broad SMARTS) is 1. The molecule has 18 heteroatoms. The second-order valence-electron chi connectivity index (χ2n) is 12.9. The summed E-state index contributed by atoms with van der Waals surface area (Å²) in [6, 6.07) is 8.16. The van der Waals surface area contributed by atoms with Crippen molar-refractivity contribution in [2.45, 2.75) is 108 Å². The quantitative estimate of drug-likeness (QED) is 0.126. The fourth-order valence-electron chi connectivity index (χ4n) is 5.65. The topological polar surface area (TPSA) is 180 Å². The number of aliphatic hydroxyl groups is 1. The van der Waals surface area contributed by atoms with Gasteiger partial charge < -0.3 is 35.6 Å². The minimum absolute atomic E-state index is 0.00567. The number of hydrogen-bond acceptors (Lipinski definition) is 9. The predicted molar refractivity (Wildman–Crippen MR) is 189 cm³/mol. The van der Waals surface area contributed by atoms with Gasteiger partial charge in [-0.05, 0) is 54.5 Å². The van der Waals surface area contributed by atoms with Crippen molar-refractivity contribution in [3.05, 3.63) is 70.8 Å². The highest BCUT2D eigenvalue weighted by Crippen LogP contribution is 2.18. The van der Waals surface area contributed by atoms with E-state index in [1.807, 2.05) is 45.0 Å². The summed E-state index contributed by atoms with van der Waals surface area (Å²) in [4.78, 5) is 35.5. The highest BCUT2D eigenvalue weighted by Gasteiger charge is 2.38. The maximum absolute atomic E-state index is 14.1. The number of alkyl halides is 3. The number of carboxylic acids is 1. The minimum atomic E-state index is -5.08. The number of benzene rings is 2. The molecule has 0 aromatic heterocycles. The van der Waals surface area contributed by atoms with Crippen LogP contribution in [0, 0.1) is 11.6 Å². The van der Waals surface area contributed by atoms with E-state index >= 15 is 0 Å². The van der Waals surface area contributed by atoms with Crippen molar-refractivity contribution in [3.8, 4) is 0 Å². The number of nitrogens with one attached hydrogen (secondary N) is 3. The first kappa shape index (κ1) is 46.3. The van der Waals surface area contributed by atoms with Crippen LogP contribution in [-0.4, -0.2) is 97.8 Å². The number of aliphatic carboxylic acids is 1. The first-order valence-electron chi connectivity index (χ1n) is 17.7. The van der Waals surface area contributed by atoms with Gasteiger partial charge in [0.2, 0.25) is 5.91 Å². The van der Waals surface area contributed by atoms with Gasteiger partial charge in [0.25, 0.3) is 0 Å². The van der Waals surface area contributed by atoms with Crippen molar-refractivity contribution >= 4 is 27.8 Å². The summed E-state index contributed by atoms with van der Waals surface area (Å²) >= 11 is 0. The number of alkyl carbamates (subject to hydrolysis) is 1. The number of hydrogen-bond donors (Lipinski definition) is 5. The fraction of sp³-hybridized carbons (Fsp3) is 0.583. The largest absolute Gasteiger partial charge is 0.490 e. The number of ether oxygens (including phenoxy) is 2. The molecule has 3 rings (SSSR count). The van der Waals surface area contributed by atoms with Crippen molar-refractivity contribution in [2.24, 2.45) is 0 Å². The Kier molecular flexibility index (Phi) is 19.3. The Morgan fingerprint density at radius 2 is 1.57 bits per heavy atom. The van der Waals surface area contributed by atoms with Gasteiger partial charge in [-0.1, -0.05) is 57.9 Å². The number of amides is 2. The zero-order chi connectivity index (χ0) is 40.5. The second-order valence-corrected chi connectivity index (χ2v) is 15.2. The molecule has 304 valence electrons. The number of carbonyl (C=O) groups excluding carboxylic acids is 2. The van der Waals surface area contributed by atoms with Crippen LogP contribution < -0.4 is 16.0 Å². The van der Waals surface area contributed by atoms with E-state index in [0.29, 0.717) is 51.3 Å². The third-order valence-electron chi connectivity index (χ3n) is 8.39. The van der Waals surface area contributed by atoms with Crippen molar-refractivity contribution < 1.29 is 64.4 Å². The Bertz CT molecular complexity index is 1580. The summed E-state index contributed by atoms with van der Waals surface area (Å²) in [6.45, 7) is 6.79. The first-order chi connectivity index (χ1) is 25.4. The van der Waals surface area contributed by atoms with Gasteiger partial charge in [-0.2, -0.15) is 13.2 Å². The Labute approximate surface area is 312 Å². The Morgan fingerprint density at radius 3 is 2.11 bits per heavy atom. The maximum atomic E-state index is 14.1. The average molecular weight is 796 g/mol. The number of halogens is 5. The molecule has 0 unspecified atom stereocenters. The lowest BCUT2D eigenvalue weighted by Crippen LogP contribution is -2.57. The van der Waals surface area contributed by atoms with Gasteiger partial charge >= 0.3 is 18.2 Å². The van der Waals surface area contributed by atoms with Crippen LogP contribution in [0.1, 0.15) is 69.6 Å². The Balaban J connectivity index is 0.00000131. The van der Waals surface area contributed by atoms with Gasteiger partial charge in [0.1, 0.15) is 23.8 Å². The standard InChI is InChI=1S/C34H49F2N3O7S.C2HF3O2/c1-4-8-29(9-5-2)47(43,44)22-31(39-34(42)46-28-12-13-45-21-28)33(41)38-30(17-25-15-26(35)18-27(36)16-25)32(40)20-37-19-24-11-7-10-23(6-3)14-24;3-2(4,5)1(6)7/h7,10-11,14-16,18,28-32,37,40H,4-6,8-9,12-13,17,19-22H2,1-3H3,(H,38,41)(H,39,42);(H,6,7)/t28-,30-,31+,32+;/m0./s1. The molecule has 12 nitrogen and oxygen atoms in total. The van der Waals surface area contributed by atoms with Crippen LogP contribution in [0.2, 0.25) is 0 Å². The van der Waals surface area contributed by atoms with Crippen LogP contribution in [0.3, 0.4) is 0 Å². The summed E-state index contributed by atoms with van der Waals surface area (Å²) < 4.78 is 97.5. The van der Waals surface area contributed by atoms with Crippen LogP contribution in [0.25, 0.3) is 0 Å². The minimum Gasteiger partial charge on any atom is -0.475 e. The summed E-state index contributed by atoms with van der Waals surface area (Å²) in [5.74, 6) is -5.97. The van der Waals surface area contributed by atoms with E-state index in [1.165, 1.54) is 0 Å². The molecule has 2 amide bonds. The van der Waals surface area contributed by atoms with E-state index < -0.39 is 80.9 Å². The van der Waals surface area contributed by atoms with E-state index in [2.05, 4.69) is 16.0 Å². The second kappa shape index (κ2) is 22.5. The van der Waals surface area contributed by atoms with Crippen LogP contribution in [0.4, 0.5) is 26.7 Å². The summed E-state index contributed by atoms with van der Waals surface area (Å²) in [5.41, 5.74) is 2.31. The van der Waals surface area contributed by atoms with Crippen molar-refractivity contribution in [2.75, 3.05) is 25.5 Å². The average Bonchev–Trinajstić information content (AvgIpc) is 3.60. The van der Waals surface area contributed by atoms with Crippen molar-refractivity contribution in [1.29, 1.82) is 0 Å². The molecule has 0 spiro atoms. The summed E-state index contributed by atoms with van der Waals surface area (Å²) in [5, 5.41) is 25.9. The maximum Gasteiger partial charge on any atom is 0.490 e. The number of aliphatic hydroxyl groups excluding tert-OH is 1. The number of sulfone groups is 1. The normalized spacial score (nSPS) is 16.1. The van der Waals surface area contributed by atoms with Crippen molar-refractivity contribution in [3.63, 3.8) is 0 Å². The van der Waals surface area contributed by atoms with E-state index in [4.69, 9.17) is 19.4 Å². The lowest BCUT2D eigenvalue weighted by Gasteiger charge is -2.28. The smallest absolute Gasteiger partial charge is 0.475 e. The number of aryl methyl sites for hydroxylation is 1. The van der Waals surface area contributed by atoms with Crippen LogP contribution in [0.5, 0.6) is 0 Å². The van der Waals surface area contributed by atoms with E-state index in [0.717, 1.165) is 29.7 Å². The molecule has 1 saturated heterocycles. The zero-order valence-corrected chi connectivity index (χ0v) is 31.3. The van der Waals surface area contributed by atoms with Gasteiger partial charge in [-0.3, -0.25) is 4.79 Å². The third kappa shape index (κ3) is 16.7. The molecule has 54 heavy (non-hydrogen) atoms. The van der Waals surface area contributed by atoms with Gasteiger partial charge in [0.05, 0.1) is 36.4 Å². The Morgan fingerprint density at radius 1 is 0.963 bits per heavy atom. The molecule has 1 heterocycles. The van der Waals surface area contributed by atoms with Crippen LogP contribution >= 0.6 is 0 Å². The van der Waals surface area contributed by atoms with E-state index in [9.17, 15) is 45.1 Å². The SMILES string of the molecule is CCCC(CCC)S(=O)(=O)C[C@@H](NC(=O)O[C@H]1CCOC1)C(=O)N[C@@H](Cc1cc(F)cc(F)c1)[C@H](O)CNCc1cccc(CC)c1.O=C(O)C(F)(F)F. The molecule has 2 aromatic carbocycles. The van der Waals surface area contributed by atoms with Gasteiger partial charge in [0.15, 0.2) is 9.84 Å². The van der Waals surface area contributed by atoms with Crippen LogP contribution in [-0.2, 0) is 48.3 Å². The third-order valence-corrected chi connectivity index (χ3v) is 10.7. The molecule has 0 radical (unpaired) electrons. The Hall–Kier alpha value is -3.87. The predicted octanol–water partition coefficient (Wildman–Crippen LogP) is 4.61. The molecule has 5 N–H and O–H groups in total.